The number of phenolic OH excluding ortho intramolecular Hbond substituents is 3. The number of rotatable bonds is 2. The third kappa shape index (κ3) is 2.60. The molecule has 0 spiro atoms. The highest BCUT2D eigenvalue weighted by Crippen LogP contribution is 2.47. The molecule has 2 atom stereocenters. The highest BCUT2D eigenvalue weighted by molar-refractivity contribution is 5.53. The van der Waals surface area contributed by atoms with Crippen molar-refractivity contribution in [2.45, 2.75) is 32.5 Å². The van der Waals surface area contributed by atoms with Crippen LogP contribution in [0.3, 0.4) is 0 Å². The first kappa shape index (κ1) is 8.31. The van der Waals surface area contributed by atoms with Crippen LogP contribution in [0.25, 0.3) is 0 Å². The molecule has 0 bridgehead atoms. The number of phenols is 3. The summed E-state index contributed by atoms with van der Waals surface area (Å²) in [6.45, 7) is -1.52. The number of allylic oxidation sites excluding steroid dienone is 3. The quantitative estimate of drug-likeness (QED) is 0.712. The fourth-order valence-electron chi connectivity index (χ4n) is 2.63. The van der Waals surface area contributed by atoms with Gasteiger partial charge in [-0.3, -0.25) is 0 Å². The van der Waals surface area contributed by atoms with Crippen molar-refractivity contribution in [3.05, 3.63) is 41.4 Å². The first-order valence-corrected chi connectivity index (χ1v) is 6.12. The summed E-state index contributed by atoms with van der Waals surface area (Å²) in [6.07, 6.45) is 2.74. The Morgan fingerprint density at radius 2 is 2.05 bits per heavy atom. The summed E-state index contributed by atoms with van der Waals surface area (Å²) < 4.78 is 38.1. The lowest BCUT2D eigenvalue weighted by Gasteiger charge is -2.31. The minimum atomic E-state index is -2.61. The Bertz CT molecular complexity index is 679. The smallest absolute Gasteiger partial charge is 0.126 e. The molecule has 3 N–H and O–H groups in total. The molecule has 0 heterocycles. The number of benzene rings is 1. The topological polar surface area (TPSA) is 60.7 Å². The van der Waals surface area contributed by atoms with Gasteiger partial charge in [0.15, 0.2) is 0 Å². The molecule has 2 rings (SSSR count). The summed E-state index contributed by atoms with van der Waals surface area (Å²) >= 11 is 0. The van der Waals surface area contributed by atoms with Crippen molar-refractivity contribution in [1.29, 1.82) is 0 Å². The molecule has 0 aromatic heterocycles. The minimum Gasteiger partial charge on any atom is -0.508 e. The Morgan fingerprint density at radius 3 is 2.63 bits per heavy atom. The van der Waals surface area contributed by atoms with E-state index in [4.69, 9.17) is 6.85 Å². The van der Waals surface area contributed by atoms with Crippen molar-refractivity contribution in [3.8, 4) is 17.2 Å². The van der Waals surface area contributed by atoms with Gasteiger partial charge in [-0.25, -0.2) is 0 Å². The molecule has 1 aliphatic carbocycles. The summed E-state index contributed by atoms with van der Waals surface area (Å²) in [4.78, 5) is 0. The monoisotopic (exact) mass is 265 g/mol. The van der Waals surface area contributed by atoms with Gasteiger partial charge in [0.1, 0.15) is 17.2 Å². The van der Waals surface area contributed by atoms with Gasteiger partial charge in [0.05, 0.1) is 2.74 Å². The van der Waals surface area contributed by atoms with E-state index in [0.29, 0.717) is 12.8 Å². The largest absolute Gasteiger partial charge is 0.508 e. The Hall–Kier alpha value is -1.90. The van der Waals surface area contributed by atoms with E-state index in [1.807, 2.05) is 6.92 Å². The standard InChI is InChI=1S/C16H20O3/c1-9(2)12-5-4-10(3)6-13(12)16-14(18)7-11(17)8-15(16)19/h6-8,12-13,17-19H,1,4-5H2,2-3H3/t12-,13+/m0/s1/i1D2,2D3. The summed E-state index contributed by atoms with van der Waals surface area (Å²) in [5, 5.41) is 29.8. The second-order valence-electron chi connectivity index (χ2n) is 5.00. The van der Waals surface area contributed by atoms with Crippen molar-refractivity contribution < 1.29 is 22.2 Å². The zero-order chi connectivity index (χ0) is 18.2. The van der Waals surface area contributed by atoms with Crippen LogP contribution in [0.1, 0.15) is 45.0 Å². The first-order valence-electron chi connectivity index (χ1n) is 8.62. The Labute approximate surface area is 120 Å². The van der Waals surface area contributed by atoms with Crippen LogP contribution >= 0.6 is 0 Å². The van der Waals surface area contributed by atoms with Crippen molar-refractivity contribution in [1.82, 2.24) is 0 Å². The summed E-state index contributed by atoms with van der Waals surface area (Å²) in [5.74, 6) is -2.42. The average molecular weight is 265 g/mol. The van der Waals surface area contributed by atoms with Crippen molar-refractivity contribution in [2.24, 2.45) is 5.92 Å². The lowest BCUT2D eigenvalue weighted by atomic mass is 9.74. The summed E-state index contributed by atoms with van der Waals surface area (Å²) in [5.41, 5.74) is 0.771. The number of aromatic hydroxyl groups is 3. The molecule has 0 fully saturated rings. The van der Waals surface area contributed by atoms with Gasteiger partial charge in [-0.15, -0.1) is 0 Å². The number of hydrogen-bond donors (Lipinski definition) is 3. The van der Waals surface area contributed by atoms with Crippen LogP contribution in [0.15, 0.2) is 35.9 Å². The van der Waals surface area contributed by atoms with Crippen LogP contribution in [0.2, 0.25) is 0 Å². The van der Waals surface area contributed by atoms with Crippen molar-refractivity contribution >= 4 is 0 Å². The van der Waals surface area contributed by atoms with E-state index in [0.717, 1.165) is 17.7 Å². The van der Waals surface area contributed by atoms with Gasteiger partial charge in [0, 0.05) is 27.7 Å². The molecule has 1 aromatic carbocycles. The van der Waals surface area contributed by atoms with E-state index in [2.05, 4.69) is 0 Å². The van der Waals surface area contributed by atoms with Crippen molar-refractivity contribution in [3.63, 3.8) is 0 Å². The first-order chi connectivity index (χ1) is 11.0. The third-order valence-corrected chi connectivity index (χ3v) is 3.57. The Morgan fingerprint density at radius 1 is 1.37 bits per heavy atom. The van der Waals surface area contributed by atoms with Crippen LogP contribution in [0.4, 0.5) is 0 Å². The van der Waals surface area contributed by atoms with E-state index in [9.17, 15) is 15.3 Å². The third-order valence-electron chi connectivity index (χ3n) is 3.57. The molecule has 102 valence electrons. The molecule has 19 heavy (non-hydrogen) atoms. The maximum Gasteiger partial charge on any atom is 0.126 e. The molecule has 0 aliphatic heterocycles. The van der Waals surface area contributed by atoms with Crippen molar-refractivity contribution in [2.75, 3.05) is 0 Å². The second-order valence-corrected chi connectivity index (χ2v) is 5.00. The lowest BCUT2D eigenvalue weighted by Crippen LogP contribution is -2.17. The molecular formula is C16H20O3. The maximum absolute atomic E-state index is 10.2. The van der Waals surface area contributed by atoms with E-state index < -0.39 is 25.2 Å². The summed E-state index contributed by atoms with van der Waals surface area (Å²) in [7, 11) is 0. The minimum absolute atomic E-state index is 0.0971. The molecule has 0 radical (unpaired) electrons. The van der Waals surface area contributed by atoms with E-state index in [1.165, 1.54) is 0 Å². The van der Waals surface area contributed by atoms with Crippen LogP contribution in [-0.2, 0) is 0 Å². The summed E-state index contributed by atoms with van der Waals surface area (Å²) in [6, 6.07) is 2.15. The lowest BCUT2D eigenvalue weighted by molar-refractivity contribution is 0.396. The molecular weight excluding hydrogens is 240 g/mol. The van der Waals surface area contributed by atoms with Gasteiger partial charge >= 0.3 is 0 Å². The van der Waals surface area contributed by atoms with Gasteiger partial charge in [0.25, 0.3) is 0 Å². The maximum atomic E-state index is 10.2. The average Bonchev–Trinajstić information content (AvgIpc) is 2.38. The van der Waals surface area contributed by atoms with Crippen LogP contribution in [0, 0.1) is 5.92 Å². The van der Waals surface area contributed by atoms with Gasteiger partial charge in [-0.1, -0.05) is 23.8 Å². The van der Waals surface area contributed by atoms with Gasteiger partial charge in [-0.2, -0.15) is 0 Å². The molecule has 0 amide bonds. The predicted octanol–water partition coefficient (Wildman–Crippen LogP) is 3.82. The van der Waals surface area contributed by atoms with Crippen LogP contribution < -0.4 is 0 Å². The van der Waals surface area contributed by atoms with Gasteiger partial charge in [-0.05, 0) is 32.5 Å². The Kier molecular flexibility index (Phi) is 2.19. The van der Waals surface area contributed by atoms with Gasteiger partial charge < -0.3 is 15.3 Å². The molecule has 0 saturated heterocycles. The number of hydrogen-bond acceptors (Lipinski definition) is 3. The molecule has 3 heteroatoms. The fourth-order valence-corrected chi connectivity index (χ4v) is 2.63. The zero-order valence-corrected chi connectivity index (χ0v) is 10.6. The van der Waals surface area contributed by atoms with E-state index >= 15 is 0 Å². The fraction of sp³-hybridized carbons (Fsp3) is 0.375. The highest BCUT2D eigenvalue weighted by atomic mass is 16.3. The van der Waals surface area contributed by atoms with Crippen LogP contribution in [0.5, 0.6) is 17.2 Å². The normalized spacial score (nSPS) is 27.2. The Balaban J connectivity index is 2.64. The molecule has 3 nitrogen and oxygen atoms in total. The molecule has 0 saturated carbocycles. The SMILES string of the molecule is [2H]C([2H])=C([C@@H]1CCC(C)=C[C@H]1c1c(O)cc(O)cc1O)C([2H])([2H])[2H]. The van der Waals surface area contributed by atoms with Gasteiger partial charge in [0.2, 0.25) is 0 Å². The molecule has 0 unspecified atom stereocenters. The second kappa shape index (κ2) is 5.00. The van der Waals surface area contributed by atoms with Crippen LogP contribution in [-0.4, -0.2) is 15.3 Å². The zero-order valence-electron chi connectivity index (χ0n) is 15.6. The highest BCUT2D eigenvalue weighted by Gasteiger charge is 2.30. The van der Waals surface area contributed by atoms with E-state index in [-0.39, 0.29) is 28.4 Å². The predicted molar refractivity (Wildman–Crippen MR) is 75.5 cm³/mol. The molecule has 1 aliphatic rings. The molecule has 1 aromatic rings. The van der Waals surface area contributed by atoms with E-state index in [1.54, 1.807) is 6.08 Å².